The Bertz CT molecular complexity index is 335. The lowest BCUT2D eigenvalue weighted by molar-refractivity contribution is 0.0729. The van der Waals surface area contributed by atoms with Gasteiger partial charge in [-0.05, 0) is 32.4 Å². The lowest BCUT2D eigenvalue weighted by Gasteiger charge is -2.09. The van der Waals surface area contributed by atoms with Crippen LogP contribution >= 0.6 is 0 Å². The van der Waals surface area contributed by atoms with E-state index in [0.717, 1.165) is 17.5 Å². The summed E-state index contributed by atoms with van der Waals surface area (Å²) in [5.74, 6) is -0.163. The maximum absolute atomic E-state index is 11.8. The van der Waals surface area contributed by atoms with Crippen LogP contribution in [0.2, 0.25) is 0 Å². The monoisotopic (exact) mass is 206 g/mol. The van der Waals surface area contributed by atoms with Crippen LogP contribution in [0, 0.1) is 13.8 Å². The molecule has 82 valence electrons. The molecule has 0 fully saturated rings. The van der Waals surface area contributed by atoms with Crippen molar-refractivity contribution in [1.29, 1.82) is 0 Å². The predicted octanol–water partition coefficient (Wildman–Crippen LogP) is 2.65. The zero-order chi connectivity index (χ0) is 11.4. The molecule has 0 aromatic heterocycles. The highest BCUT2D eigenvalue weighted by Crippen LogP contribution is 2.12. The first-order chi connectivity index (χ1) is 7.04. The Labute approximate surface area is 90.9 Å². The summed E-state index contributed by atoms with van der Waals surface area (Å²) in [4.78, 5) is 11.8. The van der Waals surface area contributed by atoms with Crippen LogP contribution in [0.3, 0.4) is 0 Å². The largest absolute Gasteiger partial charge is 0.385 e. The van der Waals surface area contributed by atoms with Gasteiger partial charge in [-0.2, -0.15) is 0 Å². The minimum atomic E-state index is -0.851. The summed E-state index contributed by atoms with van der Waals surface area (Å²) in [5.41, 5.74) is 2.73. The maximum atomic E-state index is 11.8. The summed E-state index contributed by atoms with van der Waals surface area (Å²) >= 11 is 0. The number of Topliss-reactive ketones (excluding diaryl/α,β-unsaturated/α-hetero) is 1. The second-order valence-electron chi connectivity index (χ2n) is 4.05. The van der Waals surface area contributed by atoms with Crippen LogP contribution in [-0.4, -0.2) is 17.0 Å². The second kappa shape index (κ2) is 5.08. The summed E-state index contributed by atoms with van der Waals surface area (Å²) in [6, 6.07) is 5.67. The van der Waals surface area contributed by atoms with E-state index < -0.39 is 6.10 Å². The molecule has 2 heteroatoms. The molecule has 1 aromatic carbocycles. The average molecular weight is 206 g/mol. The molecule has 0 amide bonds. The molecule has 0 saturated heterocycles. The fourth-order valence-electron chi connectivity index (χ4n) is 1.71. The number of hydrogen-bond acceptors (Lipinski definition) is 2. The molecular weight excluding hydrogens is 188 g/mol. The minimum absolute atomic E-state index is 0.163. The van der Waals surface area contributed by atoms with Crippen LogP contribution in [0.5, 0.6) is 0 Å². The Morgan fingerprint density at radius 3 is 2.27 bits per heavy atom. The summed E-state index contributed by atoms with van der Waals surface area (Å²) in [7, 11) is 0. The van der Waals surface area contributed by atoms with Crippen LogP contribution < -0.4 is 0 Å². The molecule has 0 aliphatic rings. The summed E-state index contributed by atoms with van der Waals surface area (Å²) in [6.07, 6.45) is 0.500. The third kappa shape index (κ3) is 3.17. The molecule has 15 heavy (non-hydrogen) atoms. The molecule has 1 atom stereocenters. The van der Waals surface area contributed by atoms with Gasteiger partial charge in [-0.3, -0.25) is 4.79 Å². The fraction of sp³-hybridized carbons (Fsp3) is 0.462. The van der Waals surface area contributed by atoms with Crippen LogP contribution in [0.1, 0.15) is 41.3 Å². The van der Waals surface area contributed by atoms with E-state index in [4.69, 9.17) is 0 Å². The van der Waals surface area contributed by atoms with Gasteiger partial charge >= 0.3 is 0 Å². The Morgan fingerprint density at radius 1 is 1.27 bits per heavy atom. The van der Waals surface area contributed by atoms with Gasteiger partial charge in [0.25, 0.3) is 0 Å². The molecule has 1 aromatic rings. The van der Waals surface area contributed by atoms with E-state index in [-0.39, 0.29) is 5.78 Å². The molecule has 0 aliphatic heterocycles. The lowest BCUT2D eigenvalue weighted by atomic mass is 9.99. The van der Waals surface area contributed by atoms with Gasteiger partial charge in [0.1, 0.15) is 6.10 Å². The number of aliphatic hydroxyl groups is 1. The highest BCUT2D eigenvalue weighted by molar-refractivity contribution is 5.99. The number of aliphatic hydroxyl groups excluding tert-OH is 1. The molecule has 0 saturated carbocycles. The van der Waals surface area contributed by atoms with Crippen LogP contribution in [-0.2, 0) is 0 Å². The molecule has 0 bridgehead atoms. The zero-order valence-corrected chi connectivity index (χ0v) is 9.58. The minimum Gasteiger partial charge on any atom is -0.385 e. The van der Waals surface area contributed by atoms with E-state index in [1.54, 1.807) is 0 Å². The van der Waals surface area contributed by atoms with Crippen molar-refractivity contribution in [2.75, 3.05) is 0 Å². The van der Waals surface area contributed by atoms with Crippen molar-refractivity contribution in [1.82, 2.24) is 0 Å². The van der Waals surface area contributed by atoms with Gasteiger partial charge in [-0.15, -0.1) is 0 Å². The number of rotatable bonds is 4. The number of carbonyl (C=O) groups excluding carboxylic acids is 1. The summed E-state index contributed by atoms with van der Waals surface area (Å²) < 4.78 is 0. The highest BCUT2D eigenvalue weighted by Gasteiger charge is 2.16. The van der Waals surface area contributed by atoms with Gasteiger partial charge in [0.2, 0.25) is 0 Å². The van der Waals surface area contributed by atoms with Gasteiger partial charge in [-0.25, -0.2) is 0 Å². The number of benzene rings is 1. The molecule has 1 unspecified atom stereocenters. The third-order valence-corrected chi connectivity index (χ3v) is 2.37. The van der Waals surface area contributed by atoms with E-state index in [2.05, 4.69) is 0 Å². The molecule has 2 nitrogen and oxygen atoms in total. The van der Waals surface area contributed by atoms with Crippen molar-refractivity contribution in [2.24, 2.45) is 0 Å². The van der Waals surface area contributed by atoms with Crippen molar-refractivity contribution < 1.29 is 9.90 Å². The highest BCUT2D eigenvalue weighted by atomic mass is 16.3. The third-order valence-electron chi connectivity index (χ3n) is 2.37. The zero-order valence-electron chi connectivity index (χ0n) is 9.58. The SMILES string of the molecule is CCCC(O)C(=O)c1cc(C)cc(C)c1. The topological polar surface area (TPSA) is 37.3 Å². The normalized spacial score (nSPS) is 12.5. The number of ketones is 1. The van der Waals surface area contributed by atoms with E-state index in [1.165, 1.54) is 0 Å². The molecule has 0 aliphatic carbocycles. The Kier molecular flexibility index (Phi) is 4.04. The number of carbonyl (C=O) groups is 1. The van der Waals surface area contributed by atoms with Gasteiger partial charge in [0, 0.05) is 5.56 Å². The molecule has 0 heterocycles. The number of aryl methyl sites for hydroxylation is 2. The Morgan fingerprint density at radius 2 is 1.80 bits per heavy atom. The number of hydrogen-bond donors (Lipinski definition) is 1. The molecule has 0 spiro atoms. The van der Waals surface area contributed by atoms with E-state index in [9.17, 15) is 9.90 Å². The Hall–Kier alpha value is -1.15. The first kappa shape index (κ1) is 11.9. The van der Waals surface area contributed by atoms with Gasteiger partial charge in [0.05, 0.1) is 0 Å². The standard InChI is InChI=1S/C13H18O2/c1-4-5-12(14)13(15)11-7-9(2)6-10(3)8-11/h6-8,12,14H,4-5H2,1-3H3. The Balaban J connectivity index is 2.90. The van der Waals surface area contributed by atoms with Gasteiger partial charge in [-0.1, -0.05) is 30.5 Å². The first-order valence-corrected chi connectivity index (χ1v) is 5.35. The van der Waals surface area contributed by atoms with Crippen LogP contribution in [0.15, 0.2) is 18.2 Å². The molecule has 1 rings (SSSR count). The first-order valence-electron chi connectivity index (χ1n) is 5.35. The quantitative estimate of drug-likeness (QED) is 0.769. The fourth-order valence-corrected chi connectivity index (χ4v) is 1.71. The van der Waals surface area contributed by atoms with E-state index in [1.807, 2.05) is 39.0 Å². The van der Waals surface area contributed by atoms with Crippen molar-refractivity contribution in [2.45, 2.75) is 39.7 Å². The van der Waals surface area contributed by atoms with Crippen molar-refractivity contribution in [3.8, 4) is 0 Å². The van der Waals surface area contributed by atoms with Gasteiger partial charge in [0.15, 0.2) is 5.78 Å². The van der Waals surface area contributed by atoms with Crippen molar-refractivity contribution in [3.63, 3.8) is 0 Å². The summed E-state index contributed by atoms with van der Waals surface area (Å²) in [6.45, 7) is 5.87. The van der Waals surface area contributed by atoms with E-state index in [0.29, 0.717) is 12.0 Å². The van der Waals surface area contributed by atoms with Crippen molar-refractivity contribution >= 4 is 5.78 Å². The predicted molar refractivity (Wildman–Crippen MR) is 61.2 cm³/mol. The van der Waals surface area contributed by atoms with Gasteiger partial charge < -0.3 is 5.11 Å². The molecule has 0 radical (unpaired) electrons. The summed E-state index contributed by atoms with van der Waals surface area (Å²) in [5, 5.41) is 9.60. The van der Waals surface area contributed by atoms with E-state index >= 15 is 0 Å². The maximum Gasteiger partial charge on any atom is 0.191 e. The van der Waals surface area contributed by atoms with Crippen molar-refractivity contribution in [3.05, 3.63) is 34.9 Å². The van der Waals surface area contributed by atoms with Crippen LogP contribution in [0.4, 0.5) is 0 Å². The van der Waals surface area contributed by atoms with Crippen LogP contribution in [0.25, 0.3) is 0 Å². The molecular formula is C13H18O2. The second-order valence-corrected chi connectivity index (χ2v) is 4.05. The molecule has 1 N–H and O–H groups in total. The smallest absolute Gasteiger partial charge is 0.191 e. The lowest BCUT2D eigenvalue weighted by Crippen LogP contribution is -2.20. The average Bonchev–Trinajstić information content (AvgIpc) is 2.15.